The smallest absolute Gasteiger partial charge is 0.0347 e. The van der Waals surface area contributed by atoms with Gasteiger partial charge in [-0.15, -0.1) is 0 Å². The van der Waals surface area contributed by atoms with Crippen LogP contribution < -0.4 is 5.32 Å². The molecule has 1 nitrogen and oxygen atoms in total. The SMILES string of the molecule is C=C(/C=C(/C(=C)NCC/C(C)=C/CCC)c1ccccc1C)/C(C)=C/C=C\C. The highest BCUT2D eigenvalue weighted by molar-refractivity contribution is 5.82. The van der Waals surface area contributed by atoms with Crippen LogP contribution in [0.25, 0.3) is 5.57 Å². The maximum atomic E-state index is 4.33. The lowest BCUT2D eigenvalue weighted by atomic mass is 9.95. The van der Waals surface area contributed by atoms with Gasteiger partial charge in [-0.25, -0.2) is 0 Å². The van der Waals surface area contributed by atoms with Crippen molar-refractivity contribution in [1.29, 1.82) is 0 Å². The van der Waals surface area contributed by atoms with Crippen molar-refractivity contribution < 1.29 is 0 Å². The van der Waals surface area contributed by atoms with E-state index in [0.717, 1.165) is 41.8 Å². The van der Waals surface area contributed by atoms with E-state index in [1.807, 2.05) is 19.1 Å². The number of hydrogen-bond donors (Lipinski definition) is 1. The Labute approximate surface area is 173 Å². The molecule has 0 amide bonds. The highest BCUT2D eigenvalue weighted by atomic mass is 14.9. The van der Waals surface area contributed by atoms with Crippen LogP contribution in [0.2, 0.25) is 0 Å². The van der Waals surface area contributed by atoms with Crippen molar-refractivity contribution in [1.82, 2.24) is 5.32 Å². The maximum Gasteiger partial charge on any atom is 0.0347 e. The van der Waals surface area contributed by atoms with E-state index in [9.17, 15) is 0 Å². The predicted octanol–water partition coefficient (Wildman–Crippen LogP) is 7.70. The maximum absolute atomic E-state index is 4.33. The van der Waals surface area contributed by atoms with Crippen LogP contribution in [0.4, 0.5) is 0 Å². The molecule has 0 atom stereocenters. The van der Waals surface area contributed by atoms with Gasteiger partial charge >= 0.3 is 0 Å². The Morgan fingerprint density at radius 3 is 2.50 bits per heavy atom. The third kappa shape index (κ3) is 8.00. The molecule has 1 aromatic carbocycles. The fourth-order valence-corrected chi connectivity index (χ4v) is 2.84. The van der Waals surface area contributed by atoms with Crippen LogP contribution in [0.5, 0.6) is 0 Å². The number of unbranched alkanes of at least 4 members (excludes halogenated alkanes) is 1. The topological polar surface area (TPSA) is 12.0 Å². The van der Waals surface area contributed by atoms with E-state index < -0.39 is 0 Å². The summed E-state index contributed by atoms with van der Waals surface area (Å²) < 4.78 is 0. The normalized spacial score (nSPS) is 13.1. The van der Waals surface area contributed by atoms with Gasteiger partial charge < -0.3 is 5.32 Å². The minimum Gasteiger partial charge on any atom is -0.385 e. The lowest BCUT2D eigenvalue weighted by Gasteiger charge is -2.17. The highest BCUT2D eigenvalue weighted by Gasteiger charge is 2.10. The molecular formula is C27H37N. The Balaban J connectivity index is 3.05. The number of rotatable bonds is 11. The van der Waals surface area contributed by atoms with E-state index in [2.05, 4.69) is 88.7 Å². The number of nitrogens with one attached hydrogen (secondary N) is 1. The Morgan fingerprint density at radius 2 is 1.86 bits per heavy atom. The zero-order chi connectivity index (χ0) is 20.9. The van der Waals surface area contributed by atoms with Gasteiger partial charge in [-0.3, -0.25) is 0 Å². The van der Waals surface area contributed by atoms with Crippen molar-refractivity contribution in [2.45, 2.75) is 53.9 Å². The van der Waals surface area contributed by atoms with Crippen LogP contribution in [0.15, 0.2) is 90.2 Å². The van der Waals surface area contributed by atoms with Crippen molar-refractivity contribution in [2.75, 3.05) is 6.54 Å². The average Bonchev–Trinajstić information content (AvgIpc) is 2.68. The van der Waals surface area contributed by atoms with Gasteiger partial charge in [0.1, 0.15) is 0 Å². The molecule has 0 saturated heterocycles. The van der Waals surface area contributed by atoms with Gasteiger partial charge in [0.2, 0.25) is 0 Å². The van der Waals surface area contributed by atoms with E-state index in [1.165, 1.54) is 23.1 Å². The fraction of sp³-hybridized carbons (Fsp3) is 0.333. The lowest BCUT2D eigenvalue weighted by molar-refractivity contribution is 0.796. The van der Waals surface area contributed by atoms with E-state index in [4.69, 9.17) is 0 Å². The third-order valence-corrected chi connectivity index (χ3v) is 4.76. The van der Waals surface area contributed by atoms with Crippen molar-refractivity contribution in [3.63, 3.8) is 0 Å². The molecule has 1 rings (SSSR count). The molecule has 150 valence electrons. The third-order valence-electron chi connectivity index (χ3n) is 4.76. The summed E-state index contributed by atoms with van der Waals surface area (Å²) in [5.74, 6) is 0. The summed E-state index contributed by atoms with van der Waals surface area (Å²) in [7, 11) is 0. The second kappa shape index (κ2) is 12.8. The Hall–Kier alpha value is -2.54. The quantitative estimate of drug-likeness (QED) is 0.309. The number of allylic oxidation sites excluding steroid dienone is 8. The molecule has 0 aliphatic carbocycles. The number of hydrogen-bond acceptors (Lipinski definition) is 1. The second-order valence-corrected chi connectivity index (χ2v) is 7.27. The van der Waals surface area contributed by atoms with E-state index >= 15 is 0 Å². The first kappa shape index (κ1) is 23.5. The van der Waals surface area contributed by atoms with E-state index in [-0.39, 0.29) is 0 Å². The molecule has 0 spiro atoms. The molecule has 0 aliphatic heterocycles. The monoisotopic (exact) mass is 375 g/mol. The van der Waals surface area contributed by atoms with Crippen LogP contribution in [-0.4, -0.2) is 6.54 Å². The Kier molecular flexibility index (Phi) is 10.7. The first-order valence-electron chi connectivity index (χ1n) is 10.3. The Bertz CT molecular complexity index is 784. The summed E-state index contributed by atoms with van der Waals surface area (Å²) in [6.07, 6.45) is 14.0. The minimum atomic E-state index is 0.883. The standard InChI is InChI=1S/C27H37N/c1-8-10-14-21(3)18-19-28-25(7)27(26-17-13-12-16-23(26)5)20-24(6)22(4)15-11-9-2/h9,11-17,20,28H,6-8,10,18-19H2,1-5H3/b11-9-,21-14+,22-15+,27-20-. The van der Waals surface area contributed by atoms with Crippen molar-refractivity contribution in [3.8, 4) is 0 Å². The zero-order valence-corrected chi connectivity index (χ0v) is 18.4. The van der Waals surface area contributed by atoms with Gasteiger partial charge in [0, 0.05) is 17.8 Å². The molecule has 1 aromatic rings. The number of aryl methyl sites for hydroxylation is 1. The largest absolute Gasteiger partial charge is 0.385 e. The second-order valence-electron chi connectivity index (χ2n) is 7.27. The number of benzene rings is 1. The van der Waals surface area contributed by atoms with E-state index in [0.29, 0.717) is 0 Å². The van der Waals surface area contributed by atoms with Crippen LogP contribution in [0.1, 0.15) is 58.1 Å². The van der Waals surface area contributed by atoms with Gasteiger partial charge in [-0.05, 0) is 68.9 Å². The summed E-state index contributed by atoms with van der Waals surface area (Å²) >= 11 is 0. The van der Waals surface area contributed by atoms with Gasteiger partial charge in [0.15, 0.2) is 0 Å². The molecule has 0 heterocycles. The molecule has 0 fully saturated rings. The molecule has 1 heteroatoms. The Morgan fingerprint density at radius 1 is 1.14 bits per heavy atom. The van der Waals surface area contributed by atoms with Crippen LogP contribution >= 0.6 is 0 Å². The predicted molar refractivity (Wildman–Crippen MR) is 127 cm³/mol. The molecule has 0 saturated carbocycles. The van der Waals surface area contributed by atoms with Crippen LogP contribution in [0.3, 0.4) is 0 Å². The fourth-order valence-electron chi connectivity index (χ4n) is 2.84. The molecule has 0 unspecified atom stereocenters. The molecule has 0 aromatic heterocycles. The van der Waals surface area contributed by atoms with Crippen molar-refractivity contribution in [3.05, 3.63) is 101 Å². The van der Waals surface area contributed by atoms with E-state index in [1.54, 1.807) is 0 Å². The van der Waals surface area contributed by atoms with Gasteiger partial charge in [0.25, 0.3) is 0 Å². The molecule has 1 N–H and O–H groups in total. The van der Waals surface area contributed by atoms with Crippen molar-refractivity contribution >= 4 is 5.57 Å². The molecule has 0 radical (unpaired) electrons. The molecule has 0 bridgehead atoms. The van der Waals surface area contributed by atoms with Gasteiger partial charge in [-0.2, -0.15) is 0 Å². The van der Waals surface area contributed by atoms with Gasteiger partial charge in [0.05, 0.1) is 0 Å². The molecule has 0 aliphatic rings. The summed E-state index contributed by atoms with van der Waals surface area (Å²) in [5.41, 5.74) is 8.05. The van der Waals surface area contributed by atoms with Crippen molar-refractivity contribution in [2.24, 2.45) is 0 Å². The molecular weight excluding hydrogens is 338 g/mol. The summed E-state index contributed by atoms with van der Waals surface area (Å²) in [6.45, 7) is 20.1. The highest BCUT2D eigenvalue weighted by Crippen LogP contribution is 2.26. The lowest BCUT2D eigenvalue weighted by Crippen LogP contribution is -2.16. The summed E-state index contributed by atoms with van der Waals surface area (Å²) in [4.78, 5) is 0. The van der Waals surface area contributed by atoms with Gasteiger partial charge in [-0.1, -0.05) is 80.6 Å². The summed E-state index contributed by atoms with van der Waals surface area (Å²) in [5, 5.41) is 3.53. The van der Waals surface area contributed by atoms with Crippen LogP contribution in [0, 0.1) is 6.92 Å². The minimum absolute atomic E-state index is 0.883. The zero-order valence-electron chi connectivity index (χ0n) is 18.4. The first-order valence-corrected chi connectivity index (χ1v) is 10.3. The van der Waals surface area contributed by atoms with Crippen LogP contribution in [-0.2, 0) is 0 Å². The summed E-state index contributed by atoms with van der Waals surface area (Å²) in [6, 6.07) is 8.44. The molecule has 28 heavy (non-hydrogen) atoms. The first-order chi connectivity index (χ1) is 13.4. The average molecular weight is 376 g/mol.